The van der Waals surface area contributed by atoms with Crippen LogP contribution in [0.15, 0.2) is 34.1 Å². The van der Waals surface area contributed by atoms with Gasteiger partial charge < -0.3 is 57.6 Å². The van der Waals surface area contributed by atoms with Crippen LogP contribution in [0, 0.1) is 0 Å². The molecule has 2 aromatic carbocycles. The van der Waals surface area contributed by atoms with Crippen LogP contribution in [0.1, 0.15) is 20.7 Å². The van der Waals surface area contributed by atoms with Gasteiger partial charge in [-0.15, -0.1) is 25.3 Å². The van der Waals surface area contributed by atoms with E-state index in [4.69, 9.17) is 30.6 Å². The molecule has 0 aliphatic heterocycles. The third kappa shape index (κ3) is 13.7. The third-order valence-corrected chi connectivity index (χ3v) is 3.32. The molecule has 2 rings (SSSR count). The van der Waals surface area contributed by atoms with Gasteiger partial charge in [0, 0.05) is 0 Å². The summed E-state index contributed by atoms with van der Waals surface area (Å²) in [5.41, 5.74) is -0.231. The Hall–Kier alpha value is 2.42. The minimum atomic E-state index is -1.18. The SMILES string of the molecule is O=C(O)c1cc(O)c(O)c(S)c1.O=C(O)c1cc(O)c(O)c(S)c1.[S-2].[S-2].[Sr+2].[Sr+2].[Sr+2]. The van der Waals surface area contributed by atoms with Crippen molar-refractivity contribution >= 4 is 201 Å². The molecule has 15 heteroatoms. The molecule has 0 saturated heterocycles. The molecular weight excluding hydrogens is 687 g/mol. The van der Waals surface area contributed by atoms with Gasteiger partial charge >= 0.3 is 148 Å². The van der Waals surface area contributed by atoms with Crippen molar-refractivity contribution < 1.29 is 40.2 Å². The summed E-state index contributed by atoms with van der Waals surface area (Å²) in [7, 11) is 0. The zero-order chi connectivity index (χ0) is 18.6. The van der Waals surface area contributed by atoms with Gasteiger partial charge in [-0.1, -0.05) is 0 Å². The van der Waals surface area contributed by atoms with Crippen LogP contribution in [0.2, 0.25) is 0 Å². The summed E-state index contributed by atoms with van der Waals surface area (Å²) in [5, 5.41) is 52.9. The molecule has 0 aliphatic carbocycles. The summed E-state index contributed by atoms with van der Waals surface area (Å²) in [6.45, 7) is 0. The Bertz CT molecular complexity index is 710. The molecule has 2 aromatic rings. The Morgan fingerprint density at radius 3 is 1.03 bits per heavy atom. The minimum Gasteiger partial charge on any atom is -2.00 e. The van der Waals surface area contributed by atoms with E-state index >= 15 is 0 Å². The van der Waals surface area contributed by atoms with Crippen molar-refractivity contribution in [3.63, 3.8) is 0 Å². The van der Waals surface area contributed by atoms with Crippen LogP contribution in [-0.4, -0.2) is 179 Å². The summed E-state index contributed by atoms with van der Waals surface area (Å²) in [6.07, 6.45) is 0. The molecule has 0 fully saturated rings. The van der Waals surface area contributed by atoms with Gasteiger partial charge in [0.2, 0.25) is 0 Å². The molecule has 0 aliphatic rings. The fourth-order valence-corrected chi connectivity index (χ4v) is 1.96. The molecule has 29 heavy (non-hydrogen) atoms. The van der Waals surface area contributed by atoms with E-state index in [9.17, 15) is 9.59 Å². The van der Waals surface area contributed by atoms with Crippen LogP contribution in [0.3, 0.4) is 0 Å². The summed E-state index contributed by atoms with van der Waals surface area (Å²) in [4.78, 5) is 20.8. The van der Waals surface area contributed by atoms with Gasteiger partial charge in [-0.3, -0.25) is 0 Å². The first-order chi connectivity index (χ1) is 11.0. The molecule has 6 N–H and O–H groups in total. The first-order valence-corrected chi connectivity index (χ1v) is 6.90. The number of phenols is 4. The van der Waals surface area contributed by atoms with E-state index in [1.807, 2.05) is 0 Å². The van der Waals surface area contributed by atoms with Crippen LogP contribution < -0.4 is 0 Å². The first kappa shape index (κ1) is 41.7. The molecule has 0 saturated carbocycles. The molecule has 8 nitrogen and oxygen atoms in total. The number of phenolic OH excluding ortho intramolecular Hbond substituents is 4. The predicted octanol–water partition coefficient (Wildman–Crippen LogP) is 1.02. The van der Waals surface area contributed by atoms with E-state index in [-0.39, 0.29) is 184 Å². The van der Waals surface area contributed by atoms with Crippen molar-refractivity contribution in [1.82, 2.24) is 0 Å². The van der Waals surface area contributed by atoms with Gasteiger partial charge in [0.25, 0.3) is 0 Å². The third-order valence-electron chi connectivity index (χ3n) is 2.63. The van der Waals surface area contributed by atoms with Crippen molar-refractivity contribution in [2.24, 2.45) is 0 Å². The second-order valence-electron chi connectivity index (χ2n) is 4.34. The number of thiol groups is 2. The number of carboxylic acid groups (broad SMARTS) is 2. The first-order valence-electron chi connectivity index (χ1n) is 6.01. The molecule has 0 amide bonds. The second-order valence-corrected chi connectivity index (χ2v) is 5.30. The molecular formula is C14H12O8S4Sr3+2. The Morgan fingerprint density at radius 2 is 0.862 bits per heavy atom. The van der Waals surface area contributed by atoms with E-state index in [0.29, 0.717) is 0 Å². The number of hydrogen-bond acceptors (Lipinski definition) is 8. The average Bonchev–Trinajstić information content (AvgIpc) is 2.49. The molecule has 0 bridgehead atoms. The molecule has 0 heterocycles. The quantitative estimate of drug-likeness (QED) is 0.131. The standard InChI is InChI=1S/2C7H6O4S.2S.3Sr/c2*8-4-1-3(7(10)11)2-5(12)6(4)9;;;;;/h2*1-2,8-9,12H,(H,10,11);;;;;/q;;2*-2;3*+2. The number of rotatable bonds is 2. The van der Waals surface area contributed by atoms with Gasteiger partial charge in [-0.25, -0.2) is 9.59 Å². The maximum atomic E-state index is 10.4. The molecule has 0 spiro atoms. The van der Waals surface area contributed by atoms with E-state index in [2.05, 4.69) is 25.3 Å². The van der Waals surface area contributed by atoms with Crippen LogP contribution in [0.4, 0.5) is 0 Å². The normalized spacial score (nSPS) is 8.07. The predicted molar refractivity (Wildman–Crippen MR) is 120 cm³/mol. The van der Waals surface area contributed by atoms with E-state index < -0.39 is 34.9 Å². The molecule has 144 valence electrons. The van der Waals surface area contributed by atoms with Crippen molar-refractivity contribution in [2.45, 2.75) is 9.79 Å². The largest absolute Gasteiger partial charge is 2.00 e. The Balaban J connectivity index is -0.000000113. The summed E-state index contributed by atoms with van der Waals surface area (Å²) in [6, 6.07) is 4.22. The van der Waals surface area contributed by atoms with Crippen molar-refractivity contribution in [2.75, 3.05) is 0 Å². The number of hydrogen-bond donors (Lipinski definition) is 8. The van der Waals surface area contributed by atoms with Crippen molar-refractivity contribution in [3.05, 3.63) is 35.4 Å². The zero-order valence-corrected chi connectivity index (χ0v) is 28.5. The van der Waals surface area contributed by atoms with Gasteiger partial charge in [0.15, 0.2) is 23.0 Å². The monoisotopic (exact) mass is 700 g/mol. The van der Waals surface area contributed by atoms with E-state index in [1.54, 1.807) is 0 Å². The maximum Gasteiger partial charge on any atom is 2.00 e. The fourth-order valence-electron chi connectivity index (χ4n) is 1.46. The van der Waals surface area contributed by atoms with Crippen LogP contribution in [0.5, 0.6) is 23.0 Å². The van der Waals surface area contributed by atoms with Crippen LogP contribution in [-0.2, 0) is 27.0 Å². The number of aromatic hydroxyl groups is 4. The van der Waals surface area contributed by atoms with Crippen molar-refractivity contribution in [3.8, 4) is 23.0 Å². The topological polar surface area (TPSA) is 156 Å². The number of benzene rings is 2. The zero-order valence-electron chi connectivity index (χ0n) is 14.6. The van der Waals surface area contributed by atoms with E-state index in [0.717, 1.165) is 24.3 Å². The number of carbonyl (C=O) groups is 2. The number of carboxylic acids is 2. The molecule has 0 aromatic heterocycles. The minimum absolute atomic E-state index is 0. The van der Waals surface area contributed by atoms with Crippen molar-refractivity contribution in [1.29, 1.82) is 0 Å². The van der Waals surface area contributed by atoms with E-state index in [1.165, 1.54) is 0 Å². The fraction of sp³-hybridized carbons (Fsp3) is 0. The Kier molecular flexibility index (Phi) is 28.5. The molecule has 0 radical (unpaired) electrons. The second kappa shape index (κ2) is 19.9. The smallest absolute Gasteiger partial charge is 2.00 e. The molecule has 0 unspecified atom stereocenters. The van der Waals surface area contributed by atoms with Gasteiger partial charge in [0.05, 0.1) is 20.9 Å². The molecule has 0 atom stereocenters. The maximum absolute atomic E-state index is 10.4. The van der Waals surface area contributed by atoms with Crippen LogP contribution in [0.25, 0.3) is 0 Å². The van der Waals surface area contributed by atoms with Gasteiger partial charge in [-0.2, -0.15) is 0 Å². The summed E-state index contributed by atoms with van der Waals surface area (Å²) >= 11 is 7.52. The Morgan fingerprint density at radius 1 is 0.621 bits per heavy atom. The van der Waals surface area contributed by atoms with Crippen LogP contribution >= 0.6 is 25.3 Å². The van der Waals surface area contributed by atoms with Gasteiger partial charge in [0.1, 0.15) is 0 Å². The average molecular weight is 699 g/mol. The Labute approximate surface area is 302 Å². The number of aromatic carboxylic acids is 2. The van der Waals surface area contributed by atoms with Gasteiger partial charge in [-0.05, 0) is 24.3 Å². The summed E-state index contributed by atoms with van der Waals surface area (Å²) < 4.78 is 0. The summed E-state index contributed by atoms with van der Waals surface area (Å²) in [5.74, 6) is -4.16.